The van der Waals surface area contributed by atoms with Gasteiger partial charge in [-0.2, -0.15) is 0 Å². The van der Waals surface area contributed by atoms with Crippen molar-refractivity contribution in [1.82, 2.24) is 0 Å². The Balaban J connectivity index is 2.20. The quantitative estimate of drug-likeness (QED) is 0.813. The van der Waals surface area contributed by atoms with Crippen molar-refractivity contribution in [3.8, 4) is 0 Å². The van der Waals surface area contributed by atoms with E-state index in [-0.39, 0.29) is 11.8 Å². The molecular formula is C12H16O3. The molecule has 82 valence electrons. The molecule has 3 nitrogen and oxygen atoms in total. The molecule has 0 aromatic carbocycles. The van der Waals surface area contributed by atoms with Gasteiger partial charge in [-0.1, -0.05) is 6.92 Å². The highest BCUT2D eigenvalue weighted by Gasteiger charge is 2.34. The van der Waals surface area contributed by atoms with Crippen LogP contribution >= 0.6 is 0 Å². The average Bonchev–Trinajstić information content (AvgIpc) is 2.69. The fourth-order valence-electron chi connectivity index (χ4n) is 2.53. The van der Waals surface area contributed by atoms with E-state index in [0.717, 1.165) is 24.8 Å². The summed E-state index contributed by atoms with van der Waals surface area (Å²) in [6.07, 6.45) is 6.06. The molecule has 3 unspecified atom stereocenters. The Morgan fingerprint density at radius 3 is 2.93 bits per heavy atom. The number of rotatable bonds is 2. The lowest BCUT2D eigenvalue weighted by atomic mass is 9.72. The Labute approximate surface area is 89.1 Å². The van der Waals surface area contributed by atoms with Crippen molar-refractivity contribution in [2.45, 2.75) is 32.1 Å². The van der Waals surface area contributed by atoms with Crippen molar-refractivity contribution in [3.63, 3.8) is 0 Å². The molecule has 1 saturated carbocycles. The van der Waals surface area contributed by atoms with Crippen LogP contribution in [0.15, 0.2) is 23.0 Å². The zero-order chi connectivity index (χ0) is 10.8. The molecule has 0 amide bonds. The van der Waals surface area contributed by atoms with Crippen LogP contribution in [0.1, 0.15) is 37.7 Å². The molecule has 1 aromatic rings. The highest BCUT2D eigenvalue weighted by atomic mass is 16.4. The van der Waals surface area contributed by atoms with Crippen LogP contribution in [-0.2, 0) is 4.79 Å². The number of carboxylic acid groups (broad SMARTS) is 1. The van der Waals surface area contributed by atoms with E-state index in [9.17, 15) is 4.79 Å². The van der Waals surface area contributed by atoms with Crippen LogP contribution in [0.25, 0.3) is 0 Å². The third-order valence-corrected chi connectivity index (χ3v) is 3.40. The second-order valence-electron chi connectivity index (χ2n) is 4.53. The molecule has 1 aliphatic rings. The van der Waals surface area contributed by atoms with Crippen LogP contribution in [0.2, 0.25) is 0 Å². The molecule has 3 heteroatoms. The molecule has 3 atom stereocenters. The number of carboxylic acids is 1. The van der Waals surface area contributed by atoms with E-state index in [1.807, 2.05) is 6.07 Å². The van der Waals surface area contributed by atoms with Gasteiger partial charge in [-0.25, -0.2) is 0 Å². The summed E-state index contributed by atoms with van der Waals surface area (Å²) in [6, 6.07) is 1.89. The Morgan fingerprint density at radius 1 is 1.53 bits per heavy atom. The van der Waals surface area contributed by atoms with Crippen molar-refractivity contribution in [3.05, 3.63) is 24.2 Å². The number of furan rings is 1. The first-order valence-corrected chi connectivity index (χ1v) is 5.43. The van der Waals surface area contributed by atoms with E-state index in [0.29, 0.717) is 5.92 Å². The lowest BCUT2D eigenvalue weighted by Gasteiger charge is -2.31. The summed E-state index contributed by atoms with van der Waals surface area (Å²) in [6.45, 7) is 2.19. The summed E-state index contributed by atoms with van der Waals surface area (Å²) in [5.41, 5.74) is 1.04. The fourth-order valence-corrected chi connectivity index (χ4v) is 2.53. The van der Waals surface area contributed by atoms with Gasteiger partial charge in [0.25, 0.3) is 0 Å². The van der Waals surface area contributed by atoms with E-state index >= 15 is 0 Å². The van der Waals surface area contributed by atoms with Gasteiger partial charge in [-0.15, -0.1) is 0 Å². The van der Waals surface area contributed by atoms with Gasteiger partial charge < -0.3 is 9.52 Å². The predicted octanol–water partition coefficient (Wildman–Crippen LogP) is 2.88. The predicted molar refractivity (Wildman–Crippen MR) is 55.6 cm³/mol. The first kappa shape index (κ1) is 10.3. The maximum Gasteiger partial charge on any atom is 0.307 e. The Morgan fingerprint density at radius 2 is 2.33 bits per heavy atom. The van der Waals surface area contributed by atoms with Gasteiger partial charge in [-0.3, -0.25) is 4.79 Å². The maximum atomic E-state index is 11.1. The van der Waals surface area contributed by atoms with Gasteiger partial charge in [0.2, 0.25) is 0 Å². The molecule has 1 aliphatic carbocycles. The van der Waals surface area contributed by atoms with E-state index < -0.39 is 5.97 Å². The van der Waals surface area contributed by atoms with E-state index in [1.54, 1.807) is 12.5 Å². The summed E-state index contributed by atoms with van der Waals surface area (Å²) in [5.74, 6) is -0.169. The summed E-state index contributed by atoms with van der Waals surface area (Å²) in [7, 11) is 0. The minimum absolute atomic E-state index is 0.130. The zero-order valence-corrected chi connectivity index (χ0v) is 8.85. The van der Waals surface area contributed by atoms with Gasteiger partial charge in [0.05, 0.1) is 18.4 Å². The van der Waals surface area contributed by atoms with Crippen molar-refractivity contribution in [2.75, 3.05) is 0 Å². The SMILES string of the molecule is CC1CCC(C(=O)O)C(c2ccoc2)C1. The summed E-state index contributed by atoms with van der Waals surface area (Å²) >= 11 is 0. The number of aliphatic carboxylic acids is 1. The molecule has 0 bridgehead atoms. The van der Waals surface area contributed by atoms with Crippen molar-refractivity contribution in [1.29, 1.82) is 0 Å². The minimum Gasteiger partial charge on any atom is -0.481 e. The summed E-state index contributed by atoms with van der Waals surface area (Å²) in [5, 5.41) is 9.16. The van der Waals surface area contributed by atoms with Crippen LogP contribution < -0.4 is 0 Å². The molecule has 0 aliphatic heterocycles. The molecular weight excluding hydrogens is 192 g/mol. The molecule has 0 saturated heterocycles. The fraction of sp³-hybridized carbons (Fsp3) is 0.583. The lowest BCUT2D eigenvalue weighted by Crippen LogP contribution is -2.28. The van der Waals surface area contributed by atoms with Gasteiger partial charge in [0.15, 0.2) is 0 Å². The van der Waals surface area contributed by atoms with Crippen molar-refractivity contribution >= 4 is 5.97 Å². The first-order valence-electron chi connectivity index (χ1n) is 5.43. The molecule has 0 spiro atoms. The monoisotopic (exact) mass is 208 g/mol. The van der Waals surface area contributed by atoms with Gasteiger partial charge >= 0.3 is 5.97 Å². The average molecular weight is 208 g/mol. The molecule has 2 rings (SSSR count). The maximum absolute atomic E-state index is 11.1. The highest BCUT2D eigenvalue weighted by molar-refractivity contribution is 5.71. The standard InChI is InChI=1S/C12H16O3/c1-8-2-3-10(12(13)14)11(6-8)9-4-5-15-7-9/h4-5,7-8,10-11H,2-3,6H2,1H3,(H,13,14). The molecule has 1 fully saturated rings. The van der Waals surface area contributed by atoms with Crippen molar-refractivity contribution in [2.24, 2.45) is 11.8 Å². The van der Waals surface area contributed by atoms with Gasteiger partial charge in [0, 0.05) is 5.92 Å². The number of hydrogen-bond acceptors (Lipinski definition) is 2. The van der Waals surface area contributed by atoms with Crippen LogP contribution in [0, 0.1) is 11.8 Å². The van der Waals surface area contributed by atoms with E-state index in [2.05, 4.69) is 6.92 Å². The number of hydrogen-bond donors (Lipinski definition) is 1. The highest BCUT2D eigenvalue weighted by Crippen LogP contribution is 2.40. The van der Waals surface area contributed by atoms with Gasteiger partial charge in [-0.05, 0) is 36.8 Å². The first-order chi connectivity index (χ1) is 7.18. The zero-order valence-electron chi connectivity index (χ0n) is 8.85. The van der Waals surface area contributed by atoms with Gasteiger partial charge in [0.1, 0.15) is 0 Å². The van der Waals surface area contributed by atoms with Crippen LogP contribution in [0.4, 0.5) is 0 Å². The van der Waals surface area contributed by atoms with Crippen LogP contribution in [0.3, 0.4) is 0 Å². The minimum atomic E-state index is -0.673. The normalized spacial score (nSPS) is 31.4. The Hall–Kier alpha value is -1.25. The molecule has 0 radical (unpaired) electrons. The van der Waals surface area contributed by atoms with Crippen LogP contribution in [-0.4, -0.2) is 11.1 Å². The van der Waals surface area contributed by atoms with Crippen molar-refractivity contribution < 1.29 is 14.3 Å². The summed E-state index contributed by atoms with van der Waals surface area (Å²) < 4.78 is 5.04. The Kier molecular flexibility index (Phi) is 2.80. The molecule has 15 heavy (non-hydrogen) atoms. The van der Waals surface area contributed by atoms with Crippen LogP contribution in [0.5, 0.6) is 0 Å². The second kappa shape index (κ2) is 4.09. The largest absolute Gasteiger partial charge is 0.481 e. The van der Waals surface area contributed by atoms with E-state index in [4.69, 9.17) is 9.52 Å². The Bertz CT molecular complexity index is 329. The third-order valence-electron chi connectivity index (χ3n) is 3.40. The number of carbonyl (C=O) groups is 1. The molecule has 1 N–H and O–H groups in total. The third kappa shape index (κ3) is 2.06. The molecule has 1 aromatic heterocycles. The second-order valence-corrected chi connectivity index (χ2v) is 4.53. The smallest absolute Gasteiger partial charge is 0.307 e. The topological polar surface area (TPSA) is 50.4 Å². The lowest BCUT2D eigenvalue weighted by molar-refractivity contribution is -0.143. The molecule has 1 heterocycles. The van der Waals surface area contributed by atoms with E-state index in [1.165, 1.54) is 0 Å². The summed E-state index contributed by atoms with van der Waals surface area (Å²) in [4.78, 5) is 11.1.